The lowest BCUT2D eigenvalue weighted by molar-refractivity contribution is -0.134. The van der Waals surface area contributed by atoms with E-state index in [0.29, 0.717) is 0 Å². The number of hydrogen-bond donors (Lipinski definition) is 4. The van der Waals surface area contributed by atoms with Gasteiger partial charge >= 0.3 is 0 Å². The molecule has 5 N–H and O–H groups in total. The summed E-state index contributed by atoms with van der Waals surface area (Å²) in [6, 6.07) is -1.99. The predicted molar refractivity (Wildman–Crippen MR) is 108 cm³/mol. The molecule has 0 spiro atoms. The van der Waals surface area contributed by atoms with Gasteiger partial charge in [-0.1, -0.05) is 38.5 Å². The quantitative estimate of drug-likeness (QED) is 0.490. The molecule has 162 valence electrons. The molecule has 1 heterocycles. The summed E-state index contributed by atoms with van der Waals surface area (Å²) < 4.78 is 0. The normalized spacial score (nSPS) is 25.9. The zero-order chi connectivity index (χ0) is 20.8. The Morgan fingerprint density at radius 1 is 0.862 bits per heavy atom. The number of Topliss-reactive ketones (excluding diaryl/α,β-unsaturated/α-hetero) is 1. The third-order valence-electron chi connectivity index (χ3n) is 6.72. The van der Waals surface area contributed by atoms with E-state index in [9.17, 15) is 19.2 Å². The number of primary amides is 1. The monoisotopic (exact) mass is 406 g/mol. The summed E-state index contributed by atoms with van der Waals surface area (Å²) in [6.45, 7) is 0.184. The van der Waals surface area contributed by atoms with Gasteiger partial charge in [0.15, 0.2) is 0 Å². The molecular formula is C21H34N4O4. The molecule has 8 heteroatoms. The SMILES string of the molecule is NC(=O)[C@@H](NC(=O)[C@@H](NC(=O)C1CC(=O)CN1)C1CCCCC1)C1CCCCC1. The first kappa shape index (κ1) is 21.7. The lowest BCUT2D eigenvalue weighted by Gasteiger charge is -2.34. The van der Waals surface area contributed by atoms with Gasteiger partial charge in [0.2, 0.25) is 17.7 Å². The van der Waals surface area contributed by atoms with E-state index in [-0.39, 0.29) is 42.4 Å². The second kappa shape index (κ2) is 10.2. The Labute approximate surface area is 172 Å². The van der Waals surface area contributed by atoms with E-state index in [1.54, 1.807) is 0 Å². The predicted octanol–water partition coefficient (Wildman–Crippen LogP) is 0.533. The first-order valence-corrected chi connectivity index (χ1v) is 11.1. The number of carbonyl (C=O) groups excluding carboxylic acids is 4. The van der Waals surface area contributed by atoms with Gasteiger partial charge in [-0.2, -0.15) is 0 Å². The summed E-state index contributed by atoms with van der Waals surface area (Å²) >= 11 is 0. The van der Waals surface area contributed by atoms with Crippen molar-refractivity contribution < 1.29 is 19.2 Å². The summed E-state index contributed by atoms with van der Waals surface area (Å²) in [4.78, 5) is 49.4. The molecule has 1 aliphatic heterocycles. The van der Waals surface area contributed by atoms with Crippen LogP contribution in [-0.4, -0.2) is 48.2 Å². The molecule has 0 bridgehead atoms. The van der Waals surface area contributed by atoms with Crippen molar-refractivity contribution in [3.05, 3.63) is 0 Å². The van der Waals surface area contributed by atoms with Gasteiger partial charge in [0, 0.05) is 6.42 Å². The first-order valence-electron chi connectivity index (χ1n) is 11.1. The third-order valence-corrected chi connectivity index (χ3v) is 6.72. The van der Waals surface area contributed by atoms with Crippen LogP contribution in [0, 0.1) is 11.8 Å². The number of carbonyl (C=O) groups is 4. The van der Waals surface area contributed by atoms with Gasteiger partial charge < -0.3 is 16.4 Å². The maximum absolute atomic E-state index is 13.2. The fraction of sp³-hybridized carbons (Fsp3) is 0.810. The van der Waals surface area contributed by atoms with Gasteiger partial charge in [0.1, 0.15) is 17.9 Å². The fourth-order valence-electron chi connectivity index (χ4n) is 5.05. The Hall–Kier alpha value is -1.96. The summed E-state index contributed by atoms with van der Waals surface area (Å²) in [6.07, 6.45) is 10.0. The minimum Gasteiger partial charge on any atom is -0.368 e. The van der Waals surface area contributed by atoms with Crippen molar-refractivity contribution >= 4 is 23.5 Å². The lowest BCUT2D eigenvalue weighted by atomic mass is 9.81. The second-order valence-electron chi connectivity index (χ2n) is 8.85. The van der Waals surface area contributed by atoms with Crippen LogP contribution in [0.3, 0.4) is 0 Å². The molecule has 1 unspecified atom stereocenters. The first-order chi connectivity index (χ1) is 14.0. The smallest absolute Gasteiger partial charge is 0.243 e. The largest absolute Gasteiger partial charge is 0.368 e. The molecule has 8 nitrogen and oxygen atoms in total. The van der Waals surface area contributed by atoms with Crippen molar-refractivity contribution in [1.29, 1.82) is 0 Å². The van der Waals surface area contributed by atoms with E-state index in [1.807, 2.05) is 0 Å². The number of hydrogen-bond acceptors (Lipinski definition) is 5. The van der Waals surface area contributed by atoms with Crippen molar-refractivity contribution in [1.82, 2.24) is 16.0 Å². The molecule has 3 atom stereocenters. The van der Waals surface area contributed by atoms with E-state index < -0.39 is 24.0 Å². The highest BCUT2D eigenvalue weighted by Gasteiger charge is 2.37. The van der Waals surface area contributed by atoms with Crippen LogP contribution in [0.4, 0.5) is 0 Å². The maximum Gasteiger partial charge on any atom is 0.243 e. The van der Waals surface area contributed by atoms with Gasteiger partial charge in [-0.05, 0) is 37.5 Å². The van der Waals surface area contributed by atoms with Gasteiger partial charge in [-0.15, -0.1) is 0 Å². The molecule has 29 heavy (non-hydrogen) atoms. The minimum atomic E-state index is -0.703. The average molecular weight is 407 g/mol. The molecule has 0 aromatic heterocycles. The van der Waals surface area contributed by atoms with Crippen LogP contribution < -0.4 is 21.7 Å². The second-order valence-corrected chi connectivity index (χ2v) is 8.85. The summed E-state index contributed by atoms with van der Waals surface area (Å²) in [5, 5.41) is 8.65. The fourth-order valence-corrected chi connectivity index (χ4v) is 5.05. The third kappa shape index (κ3) is 5.78. The van der Waals surface area contributed by atoms with Gasteiger partial charge in [0.05, 0.1) is 12.6 Å². The van der Waals surface area contributed by atoms with Crippen molar-refractivity contribution in [2.75, 3.05) is 6.54 Å². The van der Waals surface area contributed by atoms with E-state index in [0.717, 1.165) is 64.2 Å². The summed E-state index contributed by atoms with van der Waals surface area (Å²) in [5.41, 5.74) is 5.62. The van der Waals surface area contributed by atoms with Gasteiger partial charge in [-0.25, -0.2) is 0 Å². The van der Waals surface area contributed by atoms with Crippen molar-refractivity contribution in [2.45, 2.75) is 88.8 Å². The molecule has 0 aromatic carbocycles. The molecule has 2 saturated carbocycles. The Balaban J connectivity index is 1.69. The van der Waals surface area contributed by atoms with Crippen LogP contribution in [0.1, 0.15) is 70.6 Å². The number of nitrogens with two attached hydrogens (primary N) is 1. The number of rotatable bonds is 7. The Morgan fingerprint density at radius 2 is 1.41 bits per heavy atom. The highest BCUT2D eigenvalue weighted by molar-refractivity contribution is 5.96. The van der Waals surface area contributed by atoms with E-state index in [2.05, 4.69) is 16.0 Å². The van der Waals surface area contributed by atoms with Gasteiger partial charge in [-0.3, -0.25) is 24.5 Å². The molecule has 0 aromatic rings. The molecule has 3 fully saturated rings. The molecule has 3 amide bonds. The van der Waals surface area contributed by atoms with Crippen LogP contribution in [0.25, 0.3) is 0 Å². The highest BCUT2D eigenvalue weighted by atomic mass is 16.2. The number of ketones is 1. The van der Waals surface area contributed by atoms with Crippen molar-refractivity contribution in [3.8, 4) is 0 Å². The van der Waals surface area contributed by atoms with Crippen LogP contribution in [0.15, 0.2) is 0 Å². The summed E-state index contributed by atoms with van der Waals surface area (Å²) in [5.74, 6) is -1.08. The Morgan fingerprint density at radius 3 is 1.90 bits per heavy atom. The highest BCUT2D eigenvalue weighted by Crippen LogP contribution is 2.29. The molecule has 0 radical (unpaired) electrons. The summed E-state index contributed by atoms with van der Waals surface area (Å²) in [7, 11) is 0. The van der Waals surface area contributed by atoms with Crippen LogP contribution in [-0.2, 0) is 19.2 Å². The van der Waals surface area contributed by atoms with Crippen molar-refractivity contribution in [3.63, 3.8) is 0 Å². The van der Waals surface area contributed by atoms with E-state index in [1.165, 1.54) is 0 Å². The number of nitrogens with one attached hydrogen (secondary N) is 3. The Bertz CT molecular complexity index is 626. The average Bonchev–Trinajstić information content (AvgIpc) is 3.17. The van der Waals surface area contributed by atoms with Gasteiger partial charge in [0.25, 0.3) is 0 Å². The van der Waals surface area contributed by atoms with Crippen LogP contribution in [0.5, 0.6) is 0 Å². The van der Waals surface area contributed by atoms with E-state index in [4.69, 9.17) is 5.73 Å². The molecule has 3 rings (SSSR count). The molecule has 2 aliphatic carbocycles. The topological polar surface area (TPSA) is 130 Å². The van der Waals surface area contributed by atoms with Crippen LogP contribution >= 0.6 is 0 Å². The molecular weight excluding hydrogens is 372 g/mol. The zero-order valence-electron chi connectivity index (χ0n) is 17.1. The van der Waals surface area contributed by atoms with Crippen molar-refractivity contribution in [2.24, 2.45) is 17.6 Å². The van der Waals surface area contributed by atoms with Crippen LogP contribution in [0.2, 0.25) is 0 Å². The lowest BCUT2D eigenvalue weighted by Crippen LogP contribution is -2.59. The standard InChI is InChI=1S/C21H34N4O4/c22-19(27)17(13-7-3-1-4-8-13)24-21(29)18(14-9-5-2-6-10-14)25-20(28)16-11-15(26)12-23-16/h13-14,16-18,23H,1-12H2,(H2,22,27)(H,24,29)(H,25,28)/t16?,17-,18-/m0/s1. The minimum absolute atomic E-state index is 0.00471. The Kier molecular flexibility index (Phi) is 7.64. The maximum atomic E-state index is 13.2. The van der Waals surface area contributed by atoms with E-state index >= 15 is 0 Å². The molecule has 1 saturated heterocycles. The number of amides is 3. The zero-order valence-corrected chi connectivity index (χ0v) is 17.1. The molecule has 3 aliphatic rings.